The molecule has 100 valence electrons. The van der Waals surface area contributed by atoms with Gasteiger partial charge in [-0.15, -0.1) is 0 Å². The van der Waals surface area contributed by atoms with Crippen LogP contribution in [0.15, 0.2) is 4.52 Å². The van der Waals surface area contributed by atoms with Crippen molar-refractivity contribution >= 4 is 0 Å². The summed E-state index contributed by atoms with van der Waals surface area (Å²) < 4.78 is 44.6. The molecular formula is C10H12F3N3O2. The fourth-order valence-corrected chi connectivity index (χ4v) is 1.16. The first-order chi connectivity index (χ1) is 8.51. The second-order valence-electron chi connectivity index (χ2n) is 3.53. The zero-order chi connectivity index (χ0) is 13.4. The Bertz CT molecular complexity index is 398. The van der Waals surface area contributed by atoms with Crippen LogP contribution >= 0.6 is 0 Å². The van der Waals surface area contributed by atoms with Crippen LogP contribution in [0.4, 0.5) is 13.2 Å². The molecule has 18 heavy (non-hydrogen) atoms. The van der Waals surface area contributed by atoms with Crippen molar-refractivity contribution in [1.29, 1.82) is 5.26 Å². The fourth-order valence-electron chi connectivity index (χ4n) is 1.16. The Morgan fingerprint density at radius 1 is 1.33 bits per heavy atom. The summed E-state index contributed by atoms with van der Waals surface area (Å²) in [6.07, 6.45) is -2.66. The third-order valence-electron chi connectivity index (χ3n) is 1.93. The highest BCUT2D eigenvalue weighted by Gasteiger charge is 2.27. The van der Waals surface area contributed by atoms with Crippen LogP contribution in [0.5, 0.6) is 0 Å². The highest BCUT2D eigenvalue weighted by atomic mass is 19.4. The highest BCUT2D eigenvalue weighted by Crippen LogP contribution is 2.14. The van der Waals surface area contributed by atoms with Crippen LogP contribution in [0, 0.1) is 11.3 Å². The van der Waals surface area contributed by atoms with E-state index in [9.17, 15) is 13.2 Å². The molecule has 5 nitrogen and oxygen atoms in total. The summed E-state index contributed by atoms with van der Waals surface area (Å²) in [6.45, 7) is -1.39. The lowest BCUT2D eigenvalue weighted by Gasteiger charge is -2.05. The summed E-state index contributed by atoms with van der Waals surface area (Å²) in [5, 5.41) is 11.9. The topological polar surface area (TPSA) is 71.9 Å². The van der Waals surface area contributed by atoms with Crippen LogP contribution in [0.3, 0.4) is 0 Å². The zero-order valence-electron chi connectivity index (χ0n) is 9.53. The van der Waals surface area contributed by atoms with Gasteiger partial charge in [-0.2, -0.15) is 23.4 Å². The van der Waals surface area contributed by atoms with Crippen molar-refractivity contribution in [1.82, 2.24) is 10.1 Å². The van der Waals surface area contributed by atoms with Gasteiger partial charge in [-0.25, -0.2) is 0 Å². The Morgan fingerprint density at radius 3 is 2.78 bits per heavy atom. The van der Waals surface area contributed by atoms with E-state index in [0.717, 1.165) is 0 Å². The Kier molecular flexibility index (Phi) is 5.58. The van der Waals surface area contributed by atoms with Crippen molar-refractivity contribution in [2.45, 2.75) is 31.9 Å². The van der Waals surface area contributed by atoms with Gasteiger partial charge in [-0.1, -0.05) is 5.16 Å². The van der Waals surface area contributed by atoms with Crippen LogP contribution in [-0.4, -0.2) is 29.5 Å². The van der Waals surface area contributed by atoms with Crippen molar-refractivity contribution in [3.05, 3.63) is 11.7 Å². The number of nitrogens with zero attached hydrogens (tertiary/aromatic N) is 3. The van der Waals surface area contributed by atoms with E-state index in [2.05, 4.69) is 14.9 Å². The average molecular weight is 263 g/mol. The molecule has 0 fully saturated rings. The third kappa shape index (κ3) is 6.20. The molecule has 0 unspecified atom stereocenters. The van der Waals surface area contributed by atoms with Gasteiger partial charge in [-0.05, 0) is 6.42 Å². The van der Waals surface area contributed by atoms with Gasteiger partial charge in [0.1, 0.15) is 6.61 Å². The first kappa shape index (κ1) is 14.4. The summed E-state index contributed by atoms with van der Waals surface area (Å²) in [5.74, 6) is 0.695. The molecule has 0 bridgehead atoms. The normalized spacial score (nSPS) is 11.4. The molecule has 1 heterocycles. The molecule has 1 rings (SSSR count). The van der Waals surface area contributed by atoms with E-state index in [4.69, 9.17) is 9.78 Å². The van der Waals surface area contributed by atoms with Crippen LogP contribution in [0.25, 0.3) is 0 Å². The molecule has 0 saturated heterocycles. The number of rotatable bonds is 7. The van der Waals surface area contributed by atoms with Gasteiger partial charge < -0.3 is 9.26 Å². The van der Waals surface area contributed by atoms with Gasteiger partial charge in [0, 0.05) is 19.3 Å². The molecule has 8 heteroatoms. The molecule has 0 aliphatic heterocycles. The van der Waals surface area contributed by atoms with Gasteiger partial charge in [0.15, 0.2) is 5.82 Å². The van der Waals surface area contributed by atoms with E-state index in [0.29, 0.717) is 31.0 Å². The van der Waals surface area contributed by atoms with Crippen LogP contribution in [-0.2, 0) is 17.6 Å². The second kappa shape index (κ2) is 6.96. The Labute approximate surface area is 102 Å². The molecule has 0 spiro atoms. The lowest BCUT2D eigenvalue weighted by Crippen LogP contribution is -2.18. The lowest BCUT2D eigenvalue weighted by molar-refractivity contribution is -0.173. The summed E-state index contributed by atoms with van der Waals surface area (Å²) in [7, 11) is 0. The van der Waals surface area contributed by atoms with Crippen molar-refractivity contribution in [2.24, 2.45) is 0 Å². The average Bonchev–Trinajstić information content (AvgIpc) is 2.72. The lowest BCUT2D eigenvalue weighted by atomic mass is 10.2. The number of nitriles is 1. The van der Waals surface area contributed by atoms with E-state index in [1.54, 1.807) is 0 Å². The highest BCUT2D eigenvalue weighted by molar-refractivity contribution is 4.87. The summed E-state index contributed by atoms with van der Waals surface area (Å²) in [4.78, 5) is 3.97. The van der Waals surface area contributed by atoms with Crippen LogP contribution < -0.4 is 0 Å². The molecule has 0 radical (unpaired) electrons. The largest absolute Gasteiger partial charge is 0.411 e. The fraction of sp³-hybridized carbons (Fsp3) is 0.700. The van der Waals surface area contributed by atoms with E-state index in [1.807, 2.05) is 6.07 Å². The van der Waals surface area contributed by atoms with E-state index in [1.165, 1.54) is 0 Å². The van der Waals surface area contributed by atoms with Crippen LogP contribution in [0.2, 0.25) is 0 Å². The van der Waals surface area contributed by atoms with E-state index < -0.39 is 12.8 Å². The van der Waals surface area contributed by atoms with Crippen LogP contribution in [0.1, 0.15) is 24.6 Å². The number of aromatic nitrogens is 2. The number of ether oxygens (including phenoxy) is 1. The van der Waals surface area contributed by atoms with E-state index >= 15 is 0 Å². The molecule has 0 N–H and O–H groups in total. The number of hydrogen-bond donors (Lipinski definition) is 0. The Balaban J connectivity index is 2.21. The molecule has 0 aliphatic rings. The molecule has 1 aromatic heterocycles. The third-order valence-corrected chi connectivity index (χ3v) is 1.93. The predicted octanol–water partition coefficient (Wildman–Crippen LogP) is 2.04. The first-order valence-corrected chi connectivity index (χ1v) is 5.34. The second-order valence-corrected chi connectivity index (χ2v) is 3.53. The molecule has 0 aromatic carbocycles. The number of aryl methyl sites for hydroxylation is 1. The van der Waals surface area contributed by atoms with Crippen molar-refractivity contribution in [3.63, 3.8) is 0 Å². The number of unbranched alkanes of at least 4 members (excludes halogenated alkanes) is 1. The summed E-state index contributed by atoms with van der Waals surface area (Å²) >= 11 is 0. The maximum atomic E-state index is 11.8. The Hall–Kier alpha value is -1.62. The quantitative estimate of drug-likeness (QED) is 0.704. The maximum Gasteiger partial charge on any atom is 0.411 e. The SMILES string of the molecule is N#CCCCc1nc(CCOCC(F)(F)F)no1. The molecule has 0 aliphatic carbocycles. The smallest absolute Gasteiger partial charge is 0.372 e. The van der Waals surface area contributed by atoms with Gasteiger partial charge in [0.05, 0.1) is 12.7 Å². The number of alkyl halides is 3. The van der Waals surface area contributed by atoms with Gasteiger partial charge in [0.2, 0.25) is 5.89 Å². The minimum absolute atomic E-state index is 0.114. The molecular weight excluding hydrogens is 251 g/mol. The van der Waals surface area contributed by atoms with Crippen molar-refractivity contribution < 1.29 is 22.4 Å². The summed E-state index contributed by atoms with van der Waals surface area (Å²) in [6, 6.07) is 1.98. The predicted molar refractivity (Wildman–Crippen MR) is 53.4 cm³/mol. The molecule has 0 saturated carbocycles. The molecule has 0 amide bonds. The van der Waals surface area contributed by atoms with E-state index in [-0.39, 0.29) is 13.0 Å². The number of hydrogen-bond acceptors (Lipinski definition) is 5. The Morgan fingerprint density at radius 2 is 2.11 bits per heavy atom. The molecule has 1 aromatic rings. The van der Waals surface area contributed by atoms with Crippen molar-refractivity contribution in [2.75, 3.05) is 13.2 Å². The zero-order valence-corrected chi connectivity index (χ0v) is 9.53. The number of halogens is 3. The summed E-state index contributed by atoms with van der Waals surface area (Å²) in [5.41, 5.74) is 0. The van der Waals surface area contributed by atoms with Crippen molar-refractivity contribution in [3.8, 4) is 6.07 Å². The minimum Gasteiger partial charge on any atom is -0.372 e. The maximum absolute atomic E-state index is 11.8. The monoisotopic (exact) mass is 263 g/mol. The van der Waals surface area contributed by atoms with Gasteiger partial charge in [0.25, 0.3) is 0 Å². The first-order valence-electron chi connectivity index (χ1n) is 5.34. The van der Waals surface area contributed by atoms with Gasteiger partial charge >= 0.3 is 6.18 Å². The standard InChI is InChI=1S/C10H12F3N3O2/c11-10(12,13)7-17-6-4-8-15-9(18-16-8)3-1-2-5-14/h1-4,6-7H2. The van der Waals surface area contributed by atoms with Gasteiger partial charge in [-0.3, -0.25) is 0 Å². The molecule has 0 atom stereocenters. The minimum atomic E-state index is -4.32.